The molecule has 0 saturated heterocycles. The maximum Gasteiger partial charge on any atom is 0.0256 e. The van der Waals surface area contributed by atoms with Crippen molar-refractivity contribution in [3.05, 3.63) is 0 Å². The Bertz CT molecular complexity index is 221. The first-order valence-corrected chi connectivity index (χ1v) is 13.4. The second-order valence-electron chi connectivity index (χ2n) is 6.42. The van der Waals surface area contributed by atoms with Gasteiger partial charge in [-0.25, -0.2) is 0 Å². The van der Waals surface area contributed by atoms with Gasteiger partial charge in [0, 0.05) is 16.3 Å². The molecule has 2 atom stereocenters. The van der Waals surface area contributed by atoms with Gasteiger partial charge in [-0.2, -0.15) is 35.3 Å². The van der Waals surface area contributed by atoms with Gasteiger partial charge in [-0.05, 0) is 42.9 Å². The standard InChI is InChI=1S/C20H42S3/c1-5-9-12-15-21-18-20(23-17-14-11-7-3)19(8-4)22-16-13-10-6-2/h19-20H,5-18H2,1-4H3/t19-,20+/m1/s1. The van der Waals surface area contributed by atoms with Crippen LogP contribution in [0.4, 0.5) is 0 Å². The molecular formula is C20H42S3. The van der Waals surface area contributed by atoms with Crippen molar-refractivity contribution in [2.24, 2.45) is 0 Å². The summed E-state index contributed by atoms with van der Waals surface area (Å²) in [6.07, 6.45) is 13.8. The van der Waals surface area contributed by atoms with E-state index in [-0.39, 0.29) is 0 Å². The molecule has 0 radical (unpaired) electrons. The van der Waals surface area contributed by atoms with Gasteiger partial charge in [0.1, 0.15) is 0 Å². The van der Waals surface area contributed by atoms with Gasteiger partial charge in [-0.1, -0.05) is 66.2 Å². The Morgan fingerprint density at radius 1 is 0.565 bits per heavy atom. The first kappa shape index (κ1) is 24.1. The summed E-state index contributed by atoms with van der Waals surface area (Å²) >= 11 is 6.77. The molecule has 0 rings (SSSR count). The highest BCUT2D eigenvalue weighted by Crippen LogP contribution is 2.31. The van der Waals surface area contributed by atoms with E-state index in [0.717, 1.165) is 10.5 Å². The molecule has 0 N–H and O–H groups in total. The van der Waals surface area contributed by atoms with Crippen molar-refractivity contribution in [3.63, 3.8) is 0 Å². The normalized spacial score (nSPS) is 14.1. The van der Waals surface area contributed by atoms with Crippen molar-refractivity contribution in [1.29, 1.82) is 0 Å². The second-order valence-corrected chi connectivity index (χ2v) is 10.3. The maximum absolute atomic E-state index is 2.40. The van der Waals surface area contributed by atoms with Crippen LogP contribution in [0.25, 0.3) is 0 Å². The molecule has 0 fully saturated rings. The average molecular weight is 379 g/mol. The molecule has 0 amide bonds. The third-order valence-electron chi connectivity index (χ3n) is 4.15. The van der Waals surface area contributed by atoms with Gasteiger partial charge in [0.2, 0.25) is 0 Å². The van der Waals surface area contributed by atoms with Crippen LogP contribution in [-0.2, 0) is 0 Å². The van der Waals surface area contributed by atoms with Crippen molar-refractivity contribution in [3.8, 4) is 0 Å². The molecule has 0 unspecified atom stereocenters. The Balaban J connectivity index is 4.16. The number of rotatable bonds is 18. The predicted molar refractivity (Wildman–Crippen MR) is 119 cm³/mol. The molecule has 0 aromatic carbocycles. The summed E-state index contributed by atoms with van der Waals surface area (Å²) in [6, 6.07) is 0. The van der Waals surface area contributed by atoms with E-state index in [4.69, 9.17) is 0 Å². The van der Waals surface area contributed by atoms with Crippen molar-refractivity contribution in [2.75, 3.05) is 23.0 Å². The van der Waals surface area contributed by atoms with Gasteiger partial charge in [0.05, 0.1) is 0 Å². The number of hydrogen-bond donors (Lipinski definition) is 0. The lowest BCUT2D eigenvalue weighted by molar-refractivity contribution is 0.762. The molecule has 0 bridgehead atoms. The van der Waals surface area contributed by atoms with E-state index in [2.05, 4.69) is 63.0 Å². The Morgan fingerprint density at radius 2 is 1.04 bits per heavy atom. The van der Waals surface area contributed by atoms with E-state index < -0.39 is 0 Å². The minimum Gasteiger partial charge on any atom is -0.161 e. The van der Waals surface area contributed by atoms with Crippen molar-refractivity contribution in [2.45, 2.75) is 102 Å². The van der Waals surface area contributed by atoms with E-state index in [1.54, 1.807) is 0 Å². The van der Waals surface area contributed by atoms with E-state index >= 15 is 0 Å². The fraction of sp³-hybridized carbons (Fsp3) is 1.00. The Labute approximate surface area is 160 Å². The quantitative estimate of drug-likeness (QED) is 0.222. The van der Waals surface area contributed by atoms with Crippen LogP contribution in [0.15, 0.2) is 0 Å². The summed E-state index contributed by atoms with van der Waals surface area (Å²) in [4.78, 5) is 0. The lowest BCUT2D eigenvalue weighted by Gasteiger charge is -2.25. The number of hydrogen-bond acceptors (Lipinski definition) is 3. The van der Waals surface area contributed by atoms with Gasteiger partial charge < -0.3 is 0 Å². The Hall–Kier alpha value is 1.05. The zero-order chi connectivity index (χ0) is 17.2. The SMILES string of the molecule is CCCCCSC[C@H](SCCCCC)[C@@H](CC)SCCCCC. The molecule has 0 aromatic rings. The lowest BCUT2D eigenvalue weighted by Crippen LogP contribution is -2.23. The maximum atomic E-state index is 2.40. The van der Waals surface area contributed by atoms with Gasteiger partial charge in [0.15, 0.2) is 0 Å². The second kappa shape index (κ2) is 19.4. The highest BCUT2D eigenvalue weighted by atomic mass is 32.2. The minimum atomic E-state index is 0.870. The van der Waals surface area contributed by atoms with Crippen LogP contribution in [0.2, 0.25) is 0 Å². The third-order valence-corrected chi connectivity index (χ3v) is 8.77. The van der Waals surface area contributed by atoms with Crippen LogP contribution >= 0.6 is 35.3 Å². The summed E-state index contributed by atoms with van der Waals surface area (Å²) in [5.41, 5.74) is 0. The summed E-state index contributed by atoms with van der Waals surface area (Å²) < 4.78 is 0. The fourth-order valence-corrected chi connectivity index (χ4v) is 7.19. The molecule has 140 valence electrons. The van der Waals surface area contributed by atoms with E-state index in [0.29, 0.717) is 0 Å². The van der Waals surface area contributed by atoms with Crippen LogP contribution in [0.3, 0.4) is 0 Å². The molecule has 0 heterocycles. The molecule has 0 saturated carbocycles. The Morgan fingerprint density at radius 3 is 1.52 bits per heavy atom. The first-order chi connectivity index (χ1) is 11.3. The van der Waals surface area contributed by atoms with E-state index in [9.17, 15) is 0 Å². The third kappa shape index (κ3) is 15.1. The molecule has 23 heavy (non-hydrogen) atoms. The van der Waals surface area contributed by atoms with Crippen molar-refractivity contribution < 1.29 is 0 Å². The zero-order valence-corrected chi connectivity index (χ0v) is 18.7. The molecule has 0 spiro atoms. The highest BCUT2D eigenvalue weighted by Gasteiger charge is 2.20. The number of unbranched alkanes of at least 4 members (excludes halogenated alkanes) is 6. The zero-order valence-electron chi connectivity index (χ0n) is 16.3. The smallest absolute Gasteiger partial charge is 0.0256 e. The van der Waals surface area contributed by atoms with E-state index in [1.165, 1.54) is 87.2 Å². The van der Waals surface area contributed by atoms with Crippen LogP contribution < -0.4 is 0 Å². The van der Waals surface area contributed by atoms with Crippen LogP contribution in [0.5, 0.6) is 0 Å². The molecule has 0 aliphatic rings. The summed E-state index contributed by atoms with van der Waals surface area (Å²) in [5, 5.41) is 1.74. The van der Waals surface area contributed by atoms with E-state index in [1.807, 2.05) is 0 Å². The Kier molecular flexibility index (Phi) is 20.3. The van der Waals surface area contributed by atoms with Gasteiger partial charge >= 0.3 is 0 Å². The monoisotopic (exact) mass is 378 g/mol. The van der Waals surface area contributed by atoms with Gasteiger partial charge in [0.25, 0.3) is 0 Å². The first-order valence-electron chi connectivity index (χ1n) is 10.1. The fourth-order valence-electron chi connectivity index (χ4n) is 2.58. The molecule has 0 aliphatic carbocycles. The predicted octanol–water partition coefficient (Wildman–Crippen LogP) is 7.90. The molecule has 0 aliphatic heterocycles. The summed E-state index contributed by atoms with van der Waals surface area (Å²) in [5.74, 6) is 5.50. The van der Waals surface area contributed by atoms with Gasteiger partial charge in [-0.15, -0.1) is 0 Å². The average Bonchev–Trinajstić information content (AvgIpc) is 2.57. The van der Waals surface area contributed by atoms with Crippen LogP contribution in [0.1, 0.15) is 91.9 Å². The topological polar surface area (TPSA) is 0 Å². The number of thioether (sulfide) groups is 3. The molecular weight excluding hydrogens is 336 g/mol. The van der Waals surface area contributed by atoms with Crippen molar-refractivity contribution >= 4 is 35.3 Å². The van der Waals surface area contributed by atoms with Crippen molar-refractivity contribution in [1.82, 2.24) is 0 Å². The largest absolute Gasteiger partial charge is 0.161 e. The molecule has 0 nitrogen and oxygen atoms in total. The van der Waals surface area contributed by atoms with Crippen LogP contribution in [-0.4, -0.2) is 33.5 Å². The summed E-state index contributed by atoms with van der Waals surface area (Å²) in [6.45, 7) is 9.32. The molecule has 3 heteroatoms. The van der Waals surface area contributed by atoms with Crippen LogP contribution in [0, 0.1) is 0 Å². The molecule has 0 aromatic heterocycles. The highest BCUT2D eigenvalue weighted by molar-refractivity contribution is 8.05. The summed E-state index contributed by atoms with van der Waals surface area (Å²) in [7, 11) is 0. The minimum absolute atomic E-state index is 0.870. The van der Waals surface area contributed by atoms with Gasteiger partial charge in [-0.3, -0.25) is 0 Å². The lowest BCUT2D eigenvalue weighted by atomic mass is 10.2.